The summed E-state index contributed by atoms with van der Waals surface area (Å²) in [5.74, 6) is 0.435. The molecule has 0 spiro atoms. The van der Waals surface area contributed by atoms with E-state index in [1.807, 2.05) is 16.8 Å². The highest BCUT2D eigenvalue weighted by Gasteiger charge is 2.27. The predicted molar refractivity (Wildman–Crippen MR) is 86.2 cm³/mol. The molecule has 2 unspecified atom stereocenters. The van der Waals surface area contributed by atoms with Crippen LogP contribution in [-0.2, 0) is 4.79 Å². The fourth-order valence-electron chi connectivity index (χ4n) is 2.72. The number of carbonyl (C=O) groups excluding carboxylic acids is 1. The van der Waals surface area contributed by atoms with Crippen molar-refractivity contribution in [1.29, 1.82) is 5.26 Å². The Morgan fingerprint density at radius 1 is 1.27 bits per heavy atom. The van der Waals surface area contributed by atoms with E-state index in [0.29, 0.717) is 38.5 Å². The van der Waals surface area contributed by atoms with Gasteiger partial charge in [-0.15, -0.1) is 0 Å². The zero-order valence-corrected chi connectivity index (χ0v) is 14.3. The molecule has 0 bridgehead atoms. The van der Waals surface area contributed by atoms with Crippen LogP contribution in [0.15, 0.2) is 0 Å². The van der Waals surface area contributed by atoms with Gasteiger partial charge in [0.2, 0.25) is 5.91 Å². The van der Waals surface area contributed by atoms with Crippen molar-refractivity contribution in [1.82, 2.24) is 14.7 Å². The molecule has 1 aliphatic heterocycles. The predicted octanol–water partition coefficient (Wildman–Crippen LogP) is 0.381. The molecular weight excluding hydrogens is 280 g/mol. The summed E-state index contributed by atoms with van der Waals surface area (Å²) in [6.45, 7) is 9.88. The van der Waals surface area contributed by atoms with Crippen molar-refractivity contribution in [2.45, 2.75) is 39.3 Å². The Morgan fingerprint density at radius 2 is 1.86 bits per heavy atom. The molecule has 22 heavy (non-hydrogen) atoms. The van der Waals surface area contributed by atoms with Crippen molar-refractivity contribution in [2.75, 3.05) is 46.3 Å². The number of hydrogen-bond donors (Lipinski definition) is 1. The third-order valence-corrected chi connectivity index (χ3v) is 4.16. The van der Waals surface area contributed by atoms with Gasteiger partial charge in [-0.05, 0) is 26.3 Å². The van der Waals surface area contributed by atoms with Crippen molar-refractivity contribution in [2.24, 2.45) is 5.92 Å². The zero-order valence-electron chi connectivity index (χ0n) is 14.3. The molecule has 6 nitrogen and oxygen atoms in total. The van der Waals surface area contributed by atoms with Crippen LogP contribution < -0.4 is 0 Å². The molecule has 2 atom stereocenters. The molecule has 1 rings (SSSR count). The van der Waals surface area contributed by atoms with Crippen LogP contribution in [0, 0.1) is 17.2 Å². The molecule has 0 saturated carbocycles. The minimum absolute atomic E-state index is 0.0639. The number of hydrogen-bond acceptors (Lipinski definition) is 5. The van der Waals surface area contributed by atoms with Gasteiger partial charge in [0, 0.05) is 32.7 Å². The maximum absolute atomic E-state index is 12.3. The van der Waals surface area contributed by atoms with Crippen LogP contribution in [0.3, 0.4) is 0 Å². The molecular formula is C16H30N4O2. The van der Waals surface area contributed by atoms with Gasteiger partial charge in [0.1, 0.15) is 6.04 Å². The van der Waals surface area contributed by atoms with Gasteiger partial charge >= 0.3 is 0 Å². The van der Waals surface area contributed by atoms with Crippen molar-refractivity contribution in [3.63, 3.8) is 0 Å². The van der Waals surface area contributed by atoms with Crippen LogP contribution in [0.25, 0.3) is 0 Å². The number of likely N-dealkylation sites (N-methyl/N-ethyl adjacent to an activating group) is 1. The first kappa shape index (κ1) is 18.9. The highest BCUT2D eigenvalue weighted by atomic mass is 16.3. The van der Waals surface area contributed by atoms with Gasteiger partial charge in [-0.1, -0.05) is 13.8 Å². The fourth-order valence-corrected chi connectivity index (χ4v) is 2.72. The van der Waals surface area contributed by atoms with Crippen LogP contribution >= 0.6 is 0 Å². The molecule has 126 valence electrons. The summed E-state index contributed by atoms with van der Waals surface area (Å²) < 4.78 is 0. The van der Waals surface area contributed by atoms with E-state index in [1.165, 1.54) is 0 Å². The number of rotatable bonds is 7. The summed E-state index contributed by atoms with van der Waals surface area (Å²) in [6, 6.07) is 2.30. The van der Waals surface area contributed by atoms with E-state index in [-0.39, 0.29) is 18.1 Å². The smallest absolute Gasteiger partial charge is 0.236 e. The van der Waals surface area contributed by atoms with Crippen LogP contribution in [0.4, 0.5) is 0 Å². The Labute approximate surface area is 134 Å². The highest BCUT2D eigenvalue weighted by Crippen LogP contribution is 2.13. The topological polar surface area (TPSA) is 70.8 Å². The number of piperazine rings is 1. The molecule has 0 aliphatic carbocycles. The van der Waals surface area contributed by atoms with Gasteiger partial charge in [-0.3, -0.25) is 14.6 Å². The molecule has 1 N–H and O–H groups in total. The van der Waals surface area contributed by atoms with E-state index in [1.54, 1.807) is 6.92 Å². The maximum Gasteiger partial charge on any atom is 0.236 e. The van der Waals surface area contributed by atoms with E-state index in [0.717, 1.165) is 13.1 Å². The Hall–Kier alpha value is -1.16. The summed E-state index contributed by atoms with van der Waals surface area (Å²) in [7, 11) is 1.90. The SMILES string of the molecule is CC(O)CCN(C)CC(=O)N1CCN(C(C#N)C(C)C)CC1. The third-order valence-electron chi connectivity index (χ3n) is 4.16. The summed E-state index contributed by atoms with van der Waals surface area (Å²) in [5.41, 5.74) is 0. The average molecular weight is 310 g/mol. The van der Waals surface area contributed by atoms with Crippen molar-refractivity contribution < 1.29 is 9.90 Å². The van der Waals surface area contributed by atoms with Crippen LogP contribution in [0.1, 0.15) is 27.2 Å². The van der Waals surface area contributed by atoms with E-state index < -0.39 is 0 Å². The second-order valence-electron chi connectivity index (χ2n) is 6.61. The van der Waals surface area contributed by atoms with Gasteiger partial charge in [-0.2, -0.15) is 5.26 Å². The minimum atomic E-state index is -0.333. The molecule has 1 amide bonds. The lowest BCUT2D eigenvalue weighted by atomic mass is 10.0. The van der Waals surface area contributed by atoms with E-state index in [9.17, 15) is 15.2 Å². The highest BCUT2D eigenvalue weighted by molar-refractivity contribution is 5.78. The maximum atomic E-state index is 12.3. The molecule has 0 aromatic rings. The molecule has 6 heteroatoms. The minimum Gasteiger partial charge on any atom is -0.393 e. The number of carbonyl (C=O) groups is 1. The van der Waals surface area contributed by atoms with Crippen LogP contribution in [-0.4, -0.2) is 84.2 Å². The second-order valence-corrected chi connectivity index (χ2v) is 6.61. The third kappa shape index (κ3) is 5.91. The van der Waals surface area contributed by atoms with E-state index in [4.69, 9.17) is 0 Å². The molecule has 1 fully saturated rings. The summed E-state index contributed by atoms with van der Waals surface area (Å²) in [6.07, 6.45) is 0.343. The van der Waals surface area contributed by atoms with E-state index in [2.05, 4.69) is 24.8 Å². The van der Waals surface area contributed by atoms with E-state index >= 15 is 0 Å². The lowest BCUT2D eigenvalue weighted by Crippen LogP contribution is -2.54. The Kier molecular flexibility index (Phi) is 7.80. The quantitative estimate of drug-likeness (QED) is 0.736. The number of aliphatic hydroxyl groups is 1. The van der Waals surface area contributed by atoms with Crippen LogP contribution in [0.5, 0.6) is 0 Å². The lowest BCUT2D eigenvalue weighted by Gasteiger charge is -2.38. The lowest BCUT2D eigenvalue weighted by molar-refractivity contribution is -0.134. The van der Waals surface area contributed by atoms with Gasteiger partial charge in [0.15, 0.2) is 0 Å². The van der Waals surface area contributed by atoms with Gasteiger partial charge < -0.3 is 10.0 Å². The summed E-state index contributed by atoms with van der Waals surface area (Å²) in [5, 5.41) is 18.5. The number of nitriles is 1. The zero-order chi connectivity index (χ0) is 16.7. The Morgan fingerprint density at radius 3 is 2.32 bits per heavy atom. The standard InChI is InChI=1S/C16H30N4O2/c1-13(2)15(11-17)19-7-9-20(10-8-19)16(22)12-18(4)6-5-14(3)21/h13-15,21H,5-10,12H2,1-4H3. The second kappa shape index (κ2) is 9.09. The monoisotopic (exact) mass is 310 g/mol. The normalized spacial score (nSPS) is 19.3. The first-order chi connectivity index (χ1) is 10.3. The van der Waals surface area contributed by atoms with Gasteiger partial charge in [0.05, 0.1) is 18.7 Å². The van der Waals surface area contributed by atoms with Gasteiger partial charge in [-0.25, -0.2) is 0 Å². The van der Waals surface area contributed by atoms with Gasteiger partial charge in [0.25, 0.3) is 0 Å². The van der Waals surface area contributed by atoms with Crippen molar-refractivity contribution >= 4 is 5.91 Å². The number of nitrogens with zero attached hydrogens (tertiary/aromatic N) is 4. The van der Waals surface area contributed by atoms with Crippen LogP contribution in [0.2, 0.25) is 0 Å². The average Bonchev–Trinajstić information content (AvgIpc) is 2.46. The van der Waals surface area contributed by atoms with Crippen molar-refractivity contribution in [3.05, 3.63) is 0 Å². The summed E-state index contributed by atoms with van der Waals surface area (Å²) >= 11 is 0. The molecule has 1 saturated heterocycles. The first-order valence-corrected chi connectivity index (χ1v) is 8.13. The molecule has 1 aliphatic rings. The molecule has 0 aromatic carbocycles. The fraction of sp³-hybridized carbons (Fsp3) is 0.875. The Balaban J connectivity index is 2.38. The number of aliphatic hydroxyl groups excluding tert-OH is 1. The largest absolute Gasteiger partial charge is 0.393 e. The number of amides is 1. The molecule has 0 radical (unpaired) electrons. The summed E-state index contributed by atoms with van der Waals surface area (Å²) in [4.78, 5) is 18.3. The molecule has 0 aromatic heterocycles. The van der Waals surface area contributed by atoms with Crippen molar-refractivity contribution in [3.8, 4) is 6.07 Å². The first-order valence-electron chi connectivity index (χ1n) is 8.13. The molecule has 1 heterocycles. The Bertz CT molecular complexity index is 384.